The lowest BCUT2D eigenvalue weighted by Crippen LogP contribution is -2.64. The molecule has 61 heavy (non-hydrogen) atoms. The van der Waals surface area contributed by atoms with Crippen molar-refractivity contribution in [1.29, 1.82) is 0 Å². The van der Waals surface area contributed by atoms with E-state index in [1.54, 1.807) is 13.8 Å². The van der Waals surface area contributed by atoms with Crippen molar-refractivity contribution in [2.24, 2.45) is 100 Å². The number of esters is 5. The Labute approximate surface area is 364 Å². The lowest BCUT2D eigenvalue weighted by molar-refractivity contribution is -0.230. The van der Waals surface area contributed by atoms with Crippen LogP contribution in [-0.2, 0) is 52.5 Å². The summed E-state index contributed by atoms with van der Waals surface area (Å²) < 4.78 is 27.3. The second kappa shape index (κ2) is 18.6. The maximum atomic E-state index is 12.7. The summed E-state index contributed by atoms with van der Waals surface area (Å²) in [7, 11) is 0. The zero-order chi connectivity index (χ0) is 44.9. The molecule has 0 aromatic rings. The van der Waals surface area contributed by atoms with Gasteiger partial charge < -0.3 is 28.8 Å². The third-order valence-electron chi connectivity index (χ3n) is 18.0. The number of hydrogen-bond acceptors (Lipinski definition) is 11. The van der Waals surface area contributed by atoms with Gasteiger partial charge in [0.2, 0.25) is 6.29 Å². The molecule has 3 heterocycles. The Hall–Kier alpha value is -3.02. The lowest BCUT2D eigenvalue weighted by Gasteiger charge is -2.55. The molecule has 8 bridgehead atoms. The molecule has 12 nitrogen and oxygen atoms in total. The van der Waals surface area contributed by atoms with Gasteiger partial charge >= 0.3 is 35.8 Å². The highest BCUT2D eigenvalue weighted by molar-refractivity contribution is 5.95. The topological polar surface area (TPSA) is 169 Å². The minimum Gasteiger partial charge on any atom is -0.481 e. The van der Waals surface area contributed by atoms with Gasteiger partial charge in [-0.05, 0) is 131 Å². The minimum absolute atomic E-state index is 0.00755. The van der Waals surface area contributed by atoms with Crippen molar-refractivity contribution in [3.63, 3.8) is 0 Å². The van der Waals surface area contributed by atoms with Crippen LogP contribution >= 0.6 is 0 Å². The van der Waals surface area contributed by atoms with E-state index < -0.39 is 28.9 Å². The third kappa shape index (κ3) is 9.05. The molecule has 3 saturated heterocycles. The van der Waals surface area contributed by atoms with Gasteiger partial charge in [0.15, 0.2) is 5.60 Å². The summed E-state index contributed by atoms with van der Waals surface area (Å²) in [6.45, 7) is 23.3. The SMILES string of the molecule is CC1C(=O)OC(=O)C1C.CC1C2CC(C(=O)O)C(C2)C1C.CC1C2CC(C(=O)OC3CCCCO3)C(C2)C1C.CCC(C)(C)C(=O)OC1(C(C)C)C2CCC3C(C2)C(=O)OC31. The molecule has 3 aliphatic heterocycles. The molecule has 7 saturated carbocycles. The van der Waals surface area contributed by atoms with E-state index in [-0.39, 0.29) is 77.6 Å². The summed E-state index contributed by atoms with van der Waals surface area (Å²) in [5, 5.41) is 8.94. The van der Waals surface area contributed by atoms with Crippen LogP contribution in [-0.4, -0.2) is 65.5 Å². The first-order chi connectivity index (χ1) is 28.6. The average molecular weight is 857 g/mol. The Morgan fingerprint density at radius 3 is 1.79 bits per heavy atom. The highest BCUT2D eigenvalue weighted by Crippen LogP contribution is 2.60. The minimum atomic E-state index is -0.630. The van der Waals surface area contributed by atoms with Crippen molar-refractivity contribution in [3.8, 4) is 0 Å². The Bertz CT molecular complexity index is 1630. The quantitative estimate of drug-likeness (QED) is 0.147. The maximum Gasteiger partial charge on any atom is 0.317 e. The Morgan fingerprint density at radius 1 is 0.754 bits per heavy atom. The Balaban J connectivity index is 0.000000143. The number of carboxylic acid groups (broad SMARTS) is 1. The molecular formula is C49H76O12. The zero-order valence-electron chi connectivity index (χ0n) is 38.8. The molecule has 12 heteroatoms. The standard InChI is InChI=1S/C18H28O4.C15H24O3.C10H16O2.C6H8O3/c1-6-17(4,5)16(20)22-18(10(2)3)11-7-8-12-13(9-11)15(19)21-14(12)18;1-9-10(2)12-7-11(9)8-13(12)15(16)18-14-5-3-4-6-17-14;1-5-6(2)8-3-7(5)4-9(8)10(11)12;1-3-4(2)6(8)9-5(3)7/h10-14H,6-9H2,1-5H3;9-14H,3-8H2,1-2H3;5-9H,3-4H2,1-2H3,(H,11,12);3-4H,1-2H3. The third-order valence-corrected chi connectivity index (χ3v) is 18.0. The number of carbonyl (C=O) groups excluding carboxylic acids is 5. The van der Waals surface area contributed by atoms with Crippen molar-refractivity contribution < 1.29 is 57.6 Å². The van der Waals surface area contributed by atoms with E-state index in [2.05, 4.69) is 46.3 Å². The molecule has 1 N–H and O–H groups in total. The first-order valence-electron chi connectivity index (χ1n) is 23.9. The summed E-state index contributed by atoms with van der Waals surface area (Å²) in [6, 6.07) is 0. The number of cyclic esters (lactones) is 2. The van der Waals surface area contributed by atoms with Gasteiger partial charge in [-0.25, -0.2) is 0 Å². The van der Waals surface area contributed by atoms with Gasteiger partial charge in [0, 0.05) is 18.3 Å². The van der Waals surface area contributed by atoms with E-state index in [0.29, 0.717) is 29.6 Å². The van der Waals surface area contributed by atoms with Crippen LogP contribution in [0, 0.1) is 100 Å². The van der Waals surface area contributed by atoms with E-state index in [1.165, 1.54) is 12.8 Å². The van der Waals surface area contributed by atoms with Crippen molar-refractivity contribution >= 4 is 35.8 Å². The molecular weight excluding hydrogens is 781 g/mol. The van der Waals surface area contributed by atoms with E-state index in [0.717, 1.165) is 82.1 Å². The monoisotopic (exact) mass is 857 g/mol. The van der Waals surface area contributed by atoms with Crippen molar-refractivity contribution in [1.82, 2.24) is 0 Å². The molecule has 18 unspecified atom stereocenters. The molecule has 10 rings (SSSR count). The van der Waals surface area contributed by atoms with Crippen LogP contribution in [0.15, 0.2) is 0 Å². The fraction of sp³-hybridized carbons (Fsp3) is 0.878. The van der Waals surface area contributed by atoms with Gasteiger partial charge in [0.25, 0.3) is 0 Å². The van der Waals surface area contributed by atoms with E-state index in [1.807, 2.05) is 20.8 Å². The molecule has 0 spiro atoms. The predicted molar refractivity (Wildman–Crippen MR) is 225 cm³/mol. The van der Waals surface area contributed by atoms with Gasteiger partial charge in [0.05, 0.1) is 41.6 Å². The van der Waals surface area contributed by atoms with Crippen molar-refractivity contribution in [2.75, 3.05) is 6.61 Å². The van der Waals surface area contributed by atoms with Crippen LogP contribution in [0.4, 0.5) is 0 Å². The summed E-state index contributed by atoms with van der Waals surface area (Å²) in [4.78, 5) is 69.1. The van der Waals surface area contributed by atoms with Crippen LogP contribution in [0.2, 0.25) is 0 Å². The molecule has 7 aliphatic carbocycles. The number of carbonyl (C=O) groups is 6. The van der Waals surface area contributed by atoms with Gasteiger partial charge in [-0.15, -0.1) is 0 Å². The number of ether oxygens (including phenoxy) is 5. The summed E-state index contributed by atoms with van der Waals surface area (Å²) in [6.07, 6.45) is 10.6. The van der Waals surface area contributed by atoms with Crippen molar-refractivity contribution in [3.05, 3.63) is 0 Å². The van der Waals surface area contributed by atoms with E-state index in [9.17, 15) is 28.8 Å². The van der Waals surface area contributed by atoms with Crippen molar-refractivity contribution in [2.45, 2.75) is 165 Å². The van der Waals surface area contributed by atoms with E-state index >= 15 is 0 Å². The molecule has 344 valence electrons. The summed E-state index contributed by atoms with van der Waals surface area (Å²) >= 11 is 0. The Kier molecular flexibility index (Phi) is 14.5. The first-order valence-corrected chi connectivity index (χ1v) is 23.9. The molecule has 0 radical (unpaired) electrons. The second-order valence-corrected chi connectivity index (χ2v) is 21.6. The number of aliphatic carboxylic acids is 1. The van der Waals surface area contributed by atoms with Gasteiger partial charge in [-0.3, -0.25) is 28.8 Å². The fourth-order valence-electron chi connectivity index (χ4n) is 12.8. The summed E-state index contributed by atoms with van der Waals surface area (Å²) in [5.41, 5.74) is -1.13. The first kappa shape index (κ1) is 47.5. The number of rotatable bonds is 7. The van der Waals surface area contributed by atoms with Gasteiger partial charge in [-0.2, -0.15) is 0 Å². The van der Waals surface area contributed by atoms with Crippen LogP contribution < -0.4 is 0 Å². The zero-order valence-corrected chi connectivity index (χ0v) is 38.8. The van der Waals surface area contributed by atoms with E-state index in [4.69, 9.17) is 24.1 Å². The summed E-state index contributed by atoms with van der Waals surface area (Å²) in [5.74, 6) is 4.01. The molecule has 10 aliphatic rings. The number of hydrogen-bond donors (Lipinski definition) is 1. The molecule has 0 aromatic carbocycles. The highest BCUT2D eigenvalue weighted by atomic mass is 16.7. The Morgan fingerprint density at radius 2 is 1.33 bits per heavy atom. The number of fused-ring (bicyclic) bond motifs is 5. The smallest absolute Gasteiger partial charge is 0.317 e. The molecule has 0 aromatic heterocycles. The van der Waals surface area contributed by atoms with Crippen LogP contribution in [0.5, 0.6) is 0 Å². The van der Waals surface area contributed by atoms with Gasteiger partial charge in [-0.1, -0.05) is 62.3 Å². The lowest BCUT2D eigenvalue weighted by atomic mass is 9.54. The van der Waals surface area contributed by atoms with Gasteiger partial charge in [0.1, 0.15) is 6.10 Å². The predicted octanol–water partition coefficient (Wildman–Crippen LogP) is 8.66. The second-order valence-electron chi connectivity index (χ2n) is 21.6. The normalized spacial score (nSPS) is 43.6. The highest BCUT2D eigenvalue weighted by Gasteiger charge is 2.69. The van der Waals surface area contributed by atoms with Crippen LogP contribution in [0.25, 0.3) is 0 Å². The van der Waals surface area contributed by atoms with Crippen LogP contribution in [0.3, 0.4) is 0 Å². The largest absolute Gasteiger partial charge is 0.481 e. The molecule has 18 atom stereocenters. The molecule has 10 fully saturated rings. The fourth-order valence-corrected chi connectivity index (χ4v) is 12.8. The van der Waals surface area contributed by atoms with Crippen LogP contribution in [0.1, 0.15) is 147 Å². The average Bonchev–Trinajstić information content (AvgIpc) is 4.07. The molecule has 0 amide bonds. The number of carboxylic acids is 1. The maximum absolute atomic E-state index is 12.7.